The average Bonchev–Trinajstić information content (AvgIpc) is 2.95. The first kappa shape index (κ1) is 13.6. The van der Waals surface area contributed by atoms with E-state index < -0.39 is 12.1 Å². The number of ether oxygens (including phenoxy) is 1. The third-order valence-electron chi connectivity index (χ3n) is 3.48. The van der Waals surface area contributed by atoms with Gasteiger partial charge in [0.15, 0.2) is 6.10 Å². The van der Waals surface area contributed by atoms with E-state index in [-0.39, 0.29) is 12.0 Å². The molecule has 2 rings (SSSR count). The van der Waals surface area contributed by atoms with Crippen molar-refractivity contribution in [1.82, 2.24) is 9.88 Å². The summed E-state index contributed by atoms with van der Waals surface area (Å²) in [5.41, 5.74) is 1.60. The minimum Gasteiger partial charge on any atom is -0.479 e. The Balaban J connectivity index is 1.85. The maximum absolute atomic E-state index is 11.9. The zero-order valence-electron chi connectivity index (χ0n) is 11.0. The summed E-state index contributed by atoms with van der Waals surface area (Å²) in [6.45, 7) is 2.27. The van der Waals surface area contributed by atoms with Crippen molar-refractivity contribution in [1.29, 1.82) is 0 Å². The maximum atomic E-state index is 11.9. The summed E-state index contributed by atoms with van der Waals surface area (Å²) in [7, 11) is 1.83. The van der Waals surface area contributed by atoms with E-state index in [2.05, 4.69) is 5.32 Å². The second kappa shape index (κ2) is 5.44. The highest BCUT2D eigenvalue weighted by Crippen LogP contribution is 2.19. The molecule has 0 saturated carbocycles. The van der Waals surface area contributed by atoms with Crippen LogP contribution in [0.4, 0.5) is 0 Å². The first-order valence-corrected chi connectivity index (χ1v) is 6.28. The van der Waals surface area contributed by atoms with E-state index in [0.29, 0.717) is 25.1 Å². The molecule has 0 radical (unpaired) electrons. The average molecular weight is 266 g/mol. The minimum atomic E-state index is -0.938. The van der Waals surface area contributed by atoms with Crippen LogP contribution in [0.1, 0.15) is 29.0 Å². The normalized spacial score (nSPS) is 22.4. The summed E-state index contributed by atoms with van der Waals surface area (Å²) in [4.78, 5) is 22.7. The number of aryl methyl sites for hydroxylation is 1. The minimum absolute atomic E-state index is 0.169. The van der Waals surface area contributed by atoms with Gasteiger partial charge >= 0.3 is 5.97 Å². The maximum Gasteiger partial charge on any atom is 0.332 e. The van der Waals surface area contributed by atoms with Gasteiger partial charge in [0.05, 0.1) is 6.10 Å². The molecule has 0 aliphatic carbocycles. The molecule has 0 aromatic carbocycles. The van der Waals surface area contributed by atoms with Gasteiger partial charge in [-0.3, -0.25) is 4.79 Å². The molecule has 1 amide bonds. The van der Waals surface area contributed by atoms with E-state index in [9.17, 15) is 9.59 Å². The number of carboxylic acids is 1. The Kier molecular flexibility index (Phi) is 3.90. The molecule has 6 heteroatoms. The molecule has 1 saturated heterocycles. The highest BCUT2D eigenvalue weighted by atomic mass is 16.5. The van der Waals surface area contributed by atoms with Gasteiger partial charge < -0.3 is 19.7 Å². The smallest absolute Gasteiger partial charge is 0.332 e. The third kappa shape index (κ3) is 2.96. The largest absolute Gasteiger partial charge is 0.479 e. The topological polar surface area (TPSA) is 80.6 Å². The van der Waals surface area contributed by atoms with Crippen molar-refractivity contribution in [2.24, 2.45) is 7.05 Å². The number of rotatable bonds is 4. The van der Waals surface area contributed by atoms with Crippen molar-refractivity contribution < 1.29 is 19.4 Å². The molecule has 1 aliphatic heterocycles. The van der Waals surface area contributed by atoms with Gasteiger partial charge in [-0.15, -0.1) is 0 Å². The van der Waals surface area contributed by atoms with Gasteiger partial charge in [-0.2, -0.15) is 0 Å². The zero-order valence-corrected chi connectivity index (χ0v) is 11.0. The molecule has 2 heterocycles. The predicted molar refractivity (Wildman–Crippen MR) is 68.0 cm³/mol. The Morgan fingerprint density at radius 2 is 2.21 bits per heavy atom. The molecular formula is C13H18N2O4. The van der Waals surface area contributed by atoms with Gasteiger partial charge in [0.2, 0.25) is 0 Å². The molecule has 0 bridgehead atoms. The van der Waals surface area contributed by atoms with Gasteiger partial charge in [0, 0.05) is 19.3 Å². The van der Waals surface area contributed by atoms with Crippen LogP contribution in [0.25, 0.3) is 0 Å². The van der Waals surface area contributed by atoms with Gasteiger partial charge in [0.1, 0.15) is 5.69 Å². The van der Waals surface area contributed by atoms with Crippen LogP contribution in [0.3, 0.4) is 0 Å². The zero-order chi connectivity index (χ0) is 14.0. The van der Waals surface area contributed by atoms with E-state index in [1.165, 1.54) is 0 Å². The summed E-state index contributed by atoms with van der Waals surface area (Å²) in [6, 6.07) is 3.64. The molecule has 19 heavy (non-hydrogen) atoms. The molecule has 2 atom stereocenters. The van der Waals surface area contributed by atoms with Gasteiger partial charge in [-0.25, -0.2) is 4.79 Å². The Labute approximate surface area is 111 Å². The van der Waals surface area contributed by atoms with Crippen molar-refractivity contribution in [3.8, 4) is 0 Å². The molecule has 0 spiro atoms. The third-order valence-corrected chi connectivity index (χ3v) is 3.48. The molecule has 2 unspecified atom stereocenters. The van der Waals surface area contributed by atoms with Crippen LogP contribution in [0.2, 0.25) is 0 Å². The molecule has 1 aliphatic rings. The number of nitrogens with one attached hydrogen (secondary N) is 1. The van der Waals surface area contributed by atoms with Crippen LogP contribution in [0, 0.1) is 6.92 Å². The lowest BCUT2D eigenvalue weighted by atomic mass is 10.2. The fourth-order valence-electron chi connectivity index (χ4n) is 2.18. The van der Waals surface area contributed by atoms with E-state index in [1.54, 1.807) is 6.07 Å². The highest BCUT2D eigenvalue weighted by molar-refractivity contribution is 5.92. The molecule has 6 nitrogen and oxygen atoms in total. The van der Waals surface area contributed by atoms with Gasteiger partial charge in [-0.1, -0.05) is 0 Å². The van der Waals surface area contributed by atoms with Crippen LogP contribution in [-0.2, 0) is 16.6 Å². The SMILES string of the molecule is Cc1ccc(C(=O)NCC2CCC(C(=O)O)O2)n1C. The van der Waals surface area contributed by atoms with Crippen molar-refractivity contribution in [2.75, 3.05) is 6.54 Å². The standard InChI is InChI=1S/C13H18N2O4/c1-8-3-5-10(15(8)2)12(16)14-7-9-4-6-11(19-9)13(17)18/h3,5,9,11H,4,6-7H2,1-2H3,(H,14,16)(H,17,18). The first-order valence-electron chi connectivity index (χ1n) is 6.28. The second-order valence-corrected chi connectivity index (χ2v) is 4.79. The highest BCUT2D eigenvalue weighted by Gasteiger charge is 2.30. The van der Waals surface area contributed by atoms with E-state index in [0.717, 1.165) is 5.69 Å². The summed E-state index contributed by atoms with van der Waals surface area (Å²) in [5, 5.41) is 11.6. The summed E-state index contributed by atoms with van der Waals surface area (Å²) < 4.78 is 7.13. The van der Waals surface area contributed by atoms with Crippen LogP contribution >= 0.6 is 0 Å². The predicted octanol–water partition coefficient (Wildman–Crippen LogP) is 0.696. The Bertz CT molecular complexity index is 495. The molecule has 2 N–H and O–H groups in total. The Morgan fingerprint density at radius 1 is 1.47 bits per heavy atom. The number of carboxylic acid groups (broad SMARTS) is 1. The number of amides is 1. The lowest BCUT2D eigenvalue weighted by Gasteiger charge is -2.12. The number of hydrogen-bond donors (Lipinski definition) is 2. The number of nitrogens with zero attached hydrogens (tertiary/aromatic N) is 1. The monoisotopic (exact) mass is 266 g/mol. The number of carbonyl (C=O) groups excluding carboxylic acids is 1. The first-order chi connectivity index (χ1) is 8.99. The Hall–Kier alpha value is -1.82. The van der Waals surface area contributed by atoms with Gasteiger partial charge in [0.25, 0.3) is 5.91 Å². The molecule has 104 valence electrons. The van der Waals surface area contributed by atoms with Gasteiger partial charge in [-0.05, 0) is 31.9 Å². The van der Waals surface area contributed by atoms with Crippen LogP contribution in [0.15, 0.2) is 12.1 Å². The number of aliphatic carboxylic acids is 1. The van der Waals surface area contributed by atoms with Crippen LogP contribution in [0.5, 0.6) is 0 Å². The summed E-state index contributed by atoms with van der Waals surface area (Å²) in [6.07, 6.45) is 0.202. The fraction of sp³-hybridized carbons (Fsp3) is 0.538. The number of hydrogen-bond acceptors (Lipinski definition) is 3. The fourth-order valence-corrected chi connectivity index (χ4v) is 2.18. The summed E-state index contributed by atoms with van der Waals surface area (Å²) >= 11 is 0. The van der Waals surface area contributed by atoms with E-state index in [4.69, 9.17) is 9.84 Å². The lowest BCUT2D eigenvalue weighted by molar-refractivity contribution is -0.149. The van der Waals surface area contributed by atoms with Crippen molar-refractivity contribution in [2.45, 2.75) is 32.0 Å². The van der Waals surface area contributed by atoms with Crippen molar-refractivity contribution in [3.05, 3.63) is 23.5 Å². The second-order valence-electron chi connectivity index (χ2n) is 4.79. The van der Waals surface area contributed by atoms with Crippen molar-refractivity contribution >= 4 is 11.9 Å². The van der Waals surface area contributed by atoms with E-state index >= 15 is 0 Å². The quantitative estimate of drug-likeness (QED) is 0.840. The Morgan fingerprint density at radius 3 is 2.74 bits per heavy atom. The number of carbonyl (C=O) groups is 2. The van der Waals surface area contributed by atoms with E-state index in [1.807, 2.05) is 24.6 Å². The van der Waals surface area contributed by atoms with Crippen molar-refractivity contribution in [3.63, 3.8) is 0 Å². The molecule has 1 fully saturated rings. The summed E-state index contributed by atoms with van der Waals surface area (Å²) in [5.74, 6) is -1.11. The molecular weight excluding hydrogens is 248 g/mol. The number of aromatic nitrogens is 1. The lowest BCUT2D eigenvalue weighted by Crippen LogP contribution is -2.34. The van der Waals surface area contributed by atoms with Crippen LogP contribution < -0.4 is 5.32 Å². The van der Waals surface area contributed by atoms with Crippen LogP contribution in [-0.4, -0.2) is 40.3 Å². The molecule has 1 aromatic heterocycles. The molecule has 1 aromatic rings.